The summed E-state index contributed by atoms with van der Waals surface area (Å²) >= 11 is 1.03. The highest BCUT2D eigenvalue weighted by atomic mass is 32.1. The van der Waals surface area contributed by atoms with Gasteiger partial charge in [-0.1, -0.05) is 41.7 Å². The van der Waals surface area contributed by atoms with Crippen LogP contribution in [0.2, 0.25) is 0 Å². The van der Waals surface area contributed by atoms with Gasteiger partial charge in [0.2, 0.25) is 0 Å². The molecule has 0 spiro atoms. The topological polar surface area (TPSA) is 68.3 Å². The van der Waals surface area contributed by atoms with Crippen molar-refractivity contribution in [3.63, 3.8) is 0 Å². The van der Waals surface area contributed by atoms with E-state index in [2.05, 4.69) is 15.0 Å². The molecule has 2 aromatic carbocycles. The number of halogens is 3. The van der Waals surface area contributed by atoms with Crippen molar-refractivity contribution in [3.05, 3.63) is 65.0 Å². The van der Waals surface area contributed by atoms with Gasteiger partial charge in [0, 0.05) is 18.1 Å². The fourth-order valence-electron chi connectivity index (χ4n) is 2.38. The van der Waals surface area contributed by atoms with Crippen molar-refractivity contribution in [2.75, 3.05) is 5.32 Å². The van der Waals surface area contributed by atoms with E-state index in [1.807, 2.05) is 6.07 Å². The van der Waals surface area contributed by atoms with Crippen LogP contribution >= 0.6 is 11.3 Å². The molecule has 1 heterocycles. The van der Waals surface area contributed by atoms with Crippen molar-refractivity contribution in [3.8, 4) is 17.0 Å². The largest absolute Gasteiger partial charge is 0.573 e. The lowest BCUT2D eigenvalue weighted by molar-refractivity contribution is -0.274. The Balaban J connectivity index is 1.80. The Morgan fingerprint density at radius 1 is 1.04 bits per heavy atom. The summed E-state index contributed by atoms with van der Waals surface area (Å²) in [4.78, 5) is 29.0. The van der Waals surface area contributed by atoms with Crippen LogP contribution < -0.4 is 10.1 Å². The molecule has 0 unspecified atom stereocenters. The molecule has 144 valence electrons. The summed E-state index contributed by atoms with van der Waals surface area (Å²) in [7, 11) is 0. The molecule has 0 saturated heterocycles. The van der Waals surface area contributed by atoms with E-state index >= 15 is 0 Å². The first-order chi connectivity index (χ1) is 13.2. The summed E-state index contributed by atoms with van der Waals surface area (Å²) in [6.45, 7) is 1.41. The van der Waals surface area contributed by atoms with Gasteiger partial charge in [0.25, 0.3) is 5.91 Å². The minimum atomic E-state index is -4.80. The Morgan fingerprint density at radius 3 is 2.25 bits per heavy atom. The molecule has 3 aromatic rings. The normalized spacial score (nSPS) is 11.1. The molecule has 0 saturated carbocycles. The number of ether oxygens (including phenoxy) is 1. The number of nitrogens with one attached hydrogen (secondary N) is 1. The summed E-state index contributed by atoms with van der Waals surface area (Å²) in [5.74, 6) is -1.18. The highest BCUT2D eigenvalue weighted by molar-refractivity contribution is 7.18. The van der Waals surface area contributed by atoms with Crippen molar-refractivity contribution in [2.24, 2.45) is 0 Å². The first-order valence-corrected chi connectivity index (χ1v) is 8.79. The van der Waals surface area contributed by atoms with Crippen LogP contribution in [0.4, 0.5) is 18.3 Å². The van der Waals surface area contributed by atoms with Crippen LogP contribution in [0.5, 0.6) is 5.75 Å². The van der Waals surface area contributed by atoms with Crippen LogP contribution in [0.1, 0.15) is 27.0 Å². The summed E-state index contributed by atoms with van der Waals surface area (Å²) in [6, 6.07) is 13.5. The zero-order chi connectivity index (χ0) is 20.3. The zero-order valence-corrected chi connectivity index (χ0v) is 15.2. The number of anilines is 1. The fourth-order valence-corrected chi connectivity index (χ4v) is 3.26. The molecule has 1 amide bonds. The molecular formula is C19H13F3N2O3S. The van der Waals surface area contributed by atoms with Gasteiger partial charge in [-0.05, 0) is 24.3 Å². The van der Waals surface area contributed by atoms with Gasteiger partial charge in [0.15, 0.2) is 10.9 Å². The SMILES string of the molecule is CC(=O)c1sc(NC(=O)c2ccc(OC(F)(F)F)cc2)nc1-c1ccccc1. The minimum Gasteiger partial charge on any atom is -0.406 e. The molecule has 3 rings (SSSR count). The second-order valence-corrected chi connectivity index (χ2v) is 6.64. The highest BCUT2D eigenvalue weighted by Crippen LogP contribution is 2.32. The first kappa shape index (κ1) is 19.6. The van der Waals surface area contributed by atoms with Crippen molar-refractivity contribution in [1.29, 1.82) is 0 Å². The third-order valence-electron chi connectivity index (χ3n) is 3.56. The average Bonchev–Trinajstić information content (AvgIpc) is 3.06. The van der Waals surface area contributed by atoms with E-state index < -0.39 is 18.0 Å². The number of hydrogen-bond donors (Lipinski definition) is 1. The van der Waals surface area contributed by atoms with Crippen molar-refractivity contribution < 1.29 is 27.5 Å². The quantitative estimate of drug-likeness (QED) is 0.594. The standard InChI is InChI=1S/C19H13F3N2O3S/c1-11(25)16-15(12-5-3-2-4-6-12)23-18(28-16)24-17(26)13-7-9-14(10-8-13)27-19(20,21)22/h2-10H,1H3,(H,23,24,26). The predicted octanol–water partition coefficient (Wildman–Crippen LogP) is 5.16. The molecule has 0 aliphatic rings. The Labute approximate surface area is 161 Å². The van der Waals surface area contributed by atoms with Crippen LogP contribution in [-0.4, -0.2) is 23.0 Å². The third kappa shape index (κ3) is 4.74. The number of carbonyl (C=O) groups is 2. The monoisotopic (exact) mass is 406 g/mol. The number of benzene rings is 2. The van der Waals surface area contributed by atoms with Gasteiger partial charge in [-0.3, -0.25) is 14.9 Å². The van der Waals surface area contributed by atoms with E-state index in [4.69, 9.17) is 0 Å². The van der Waals surface area contributed by atoms with Crippen molar-refractivity contribution in [1.82, 2.24) is 4.98 Å². The molecule has 0 fully saturated rings. The van der Waals surface area contributed by atoms with E-state index in [0.29, 0.717) is 10.6 Å². The summed E-state index contributed by atoms with van der Waals surface area (Å²) in [5.41, 5.74) is 1.32. The average molecular weight is 406 g/mol. The van der Waals surface area contributed by atoms with E-state index in [0.717, 1.165) is 29.0 Å². The number of thiazole rings is 1. The van der Waals surface area contributed by atoms with Gasteiger partial charge in [-0.15, -0.1) is 13.2 Å². The fraction of sp³-hybridized carbons (Fsp3) is 0.105. The number of amides is 1. The Morgan fingerprint density at radius 2 is 1.68 bits per heavy atom. The molecule has 0 bridgehead atoms. The number of aromatic nitrogens is 1. The molecule has 1 aromatic heterocycles. The van der Waals surface area contributed by atoms with Gasteiger partial charge in [0.1, 0.15) is 5.75 Å². The molecule has 0 aliphatic carbocycles. The van der Waals surface area contributed by atoms with Crippen LogP contribution in [0, 0.1) is 0 Å². The van der Waals surface area contributed by atoms with E-state index in [1.165, 1.54) is 19.1 Å². The number of carbonyl (C=O) groups excluding carboxylic acids is 2. The lowest BCUT2D eigenvalue weighted by atomic mass is 10.1. The lowest BCUT2D eigenvalue weighted by Gasteiger charge is -2.09. The maximum atomic E-state index is 12.3. The van der Waals surface area contributed by atoms with Gasteiger partial charge < -0.3 is 4.74 Å². The second-order valence-electron chi connectivity index (χ2n) is 5.65. The predicted molar refractivity (Wildman–Crippen MR) is 98.6 cm³/mol. The molecule has 0 radical (unpaired) electrons. The molecule has 5 nitrogen and oxygen atoms in total. The number of nitrogens with zero attached hydrogens (tertiary/aromatic N) is 1. The smallest absolute Gasteiger partial charge is 0.406 e. The summed E-state index contributed by atoms with van der Waals surface area (Å²) in [5, 5.41) is 2.78. The van der Waals surface area contributed by atoms with Crippen LogP contribution in [0.25, 0.3) is 11.3 Å². The van der Waals surface area contributed by atoms with Gasteiger partial charge in [0.05, 0.1) is 10.6 Å². The lowest BCUT2D eigenvalue weighted by Crippen LogP contribution is -2.17. The Bertz CT molecular complexity index is 1000. The molecule has 0 atom stereocenters. The van der Waals surface area contributed by atoms with Crippen molar-refractivity contribution in [2.45, 2.75) is 13.3 Å². The van der Waals surface area contributed by atoms with Gasteiger partial charge >= 0.3 is 6.36 Å². The first-order valence-electron chi connectivity index (χ1n) is 7.97. The highest BCUT2D eigenvalue weighted by Gasteiger charge is 2.31. The summed E-state index contributed by atoms with van der Waals surface area (Å²) in [6.07, 6.45) is -4.80. The molecule has 1 N–H and O–H groups in total. The summed E-state index contributed by atoms with van der Waals surface area (Å²) < 4.78 is 40.4. The maximum absolute atomic E-state index is 12.3. The van der Waals surface area contributed by atoms with Crippen LogP contribution in [0.15, 0.2) is 54.6 Å². The maximum Gasteiger partial charge on any atom is 0.573 e. The van der Waals surface area contributed by atoms with E-state index in [1.54, 1.807) is 24.3 Å². The minimum absolute atomic E-state index is 0.121. The third-order valence-corrected chi connectivity index (χ3v) is 4.64. The zero-order valence-electron chi connectivity index (χ0n) is 14.4. The van der Waals surface area contributed by atoms with Crippen LogP contribution in [0.3, 0.4) is 0 Å². The van der Waals surface area contributed by atoms with Crippen LogP contribution in [-0.2, 0) is 0 Å². The molecule has 0 aliphatic heterocycles. The number of rotatable bonds is 5. The molecular weight excluding hydrogens is 393 g/mol. The Hall–Kier alpha value is -3.20. The molecule has 9 heteroatoms. The Kier molecular flexibility index (Phi) is 5.46. The number of hydrogen-bond acceptors (Lipinski definition) is 5. The number of Topliss-reactive ketones (excluding diaryl/α,β-unsaturated/α-hetero) is 1. The molecule has 28 heavy (non-hydrogen) atoms. The van der Waals surface area contributed by atoms with E-state index in [9.17, 15) is 22.8 Å². The number of alkyl halides is 3. The number of ketones is 1. The second kappa shape index (κ2) is 7.81. The van der Waals surface area contributed by atoms with E-state index in [-0.39, 0.29) is 16.5 Å². The van der Waals surface area contributed by atoms with Crippen molar-refractivity contribution >= 4 is 28.2 Å². The van der Waals surface area contributed by atoms with Gasteiger partial charge in [-0.2, -0.15) is 0 Å². The van der Waals surface area contributed by atoms with Gasteiger partial charge in [-0.25, -0.2) is 4.98 Å².